The van der Waals surface area contributed by atoms with Gasteiger partial charge in [-0.2, -0.15) is 0 Å². The summed E-state index contributed by atoms with van der Waals surface area (Å²) in [7, 11) is 1.71. The summed E-state index contributed by atoms with van der Waals surface area (Å²) in [4.78, 5) is 0. The van der Waals surface area contributed by atoms with E-state index in [1.165, 1.54) is 12.8 Å². The highest BCUT2D eigenvalue weighted by atomic mass is 16.5. The second-order valence-corrected chi connectivity index (χ2v) is 5.44. The van der Waals surface area contributed by atoms with Crippen LogP contribution in [0.4, 0.5) is 0 Å². The van der Waals surface area contributed by atoms with E-state index in [2.05, 4.69) is 19.2 Å². The average molecular weight is 229 g/mol. The Morgan fingerprint density at radius 1 is 1.38 bits per heavy atom. The normalized spacial score (nSPS) is 30.9. The van der Waals surface area contributed by atoms with Crippen molar-refractivity contribution in [2.24, 2.45) is 11.8 Å². The fraction of sp³-hybridized carbons (Fsp3) is 1.00. The standard InChI is InChI=1S/C13H27NO2/c1-11(2)12-4-6-13(10-15,7-5-12)14-8-9-16-3/h11-12,14-15H,4-10H2,1-3H3. The van der Waals surface area contributed by atoms with Gasteiger partial charge >= 0.3 is 0 Å². The van der Waals surface area contributed by atoms with Gasteiger partial charge in [-0.15, -0.1) is 0 Å². The van der Waals surface area contributed by atoms with Crippen molar-refractivity contribution in [3.05, 3.63) is 0 Å². The third-order valence-corrected chi connectivity index (χ3v) is 4.04. The van der Waals surface area contributed by atoms with Gasteiger partial charge in [0, 0.05) is 19.2 Å². The van der Waals surface area contributed by atoms with Crippen molar-refractivity contribution in [1.29, 1.82) is 0 Å². The molecule has 1 fully saturated rings. The zero-order chi connectivity index (χ0) is 12.0. The van der Waals surface area contributed by atoms with Crippen molar-refractivity contribution >= 4 is 0 Å². The molecule has 0 aromatic carbocycles. The SMILES string of the molecule is COCCNC1(CO)CCC(C(C)C)CC1. The Bertz CT molecular complexity index is 186. The van der Waals surface area contributed by atoms with E-state index in [1.807, 2.05) is 0 Å². The van der Waals surface area contributed by atoms with Crippen molar-refractivity contribution in [3.8, 4) is 0 Å². The predicted octanol–water partition coefficient (Wildman–Crippen LogP) is 1.80. The summed E-state index contributed by atoms with van der Waals surface area (Å²) in [5.41, 5.74) is -0.0378. The predicted molar refractivity (Wildman–Crippen MR) is 66.5 cm³/mol. The van der Waals surface area contributed by atoms with E-state index in [4.69, 9.17) is 4.74 Å². The number of aliphatic hydroxyl groups excluding tert-OH is 1. The largest absolute Gasteiger partial charge is 0.394 e. The molecule has 96 valence electrons. The Morgan fingerprint density at radius 3 is 2.44 bits per heavy atom. The van der Waals surface area contributed by atoms with Crippen LogP contribution in [0, 0.1) is 11.8 Å². The topological polar surface area (TPSA) is 41.5 Å². The Morgan fingerprint density at radius 2 is 2.00 bits per heavy atom. The highest BCUT2D eigenvalue weighted by Gasteiger charge is 2.34. The molecule has 3 nitrogen and oxygen atoms in total. The van der Waals surface area contributed by atoms with Gasteiger partial charge in [0.15, 0.2) is 0 Å². The third-order valence-electron chi connectivity index (χ3n) is 4.04. The Labute approximate surface area is 99.6 Å². The van der Waals surface area contributed by atoms with Gasteiger partial charge in [-0.1, -0.05) is 13.8 Å². The molecule has 0 aromatic heterocycles. The van der Waals surface area contributed by atoms with E-state index < -0.39 is 0 Å². The van der Waals surface area contributed by atoms with Crippen molar-refractivity contribution in [2.45, 2.75) is 45.1 Å². The number of ether oxygens (including phenoxy) is 1. The van der Waals surface area contributed by atoms with E-state index in [0.29, 0.717) is 0 Å². The van der Waals surface area contributed by atoms with Crippen LogP contribution in [-0.2, 0) is 4.74 Å². The van der Waals surface area contributed by atoms with Crippen LogP contribution >= 0.6 is 0 Å². The lowest BCUT2D eigenvalue weighted by Crippen LogP contribution is -2.52. The lowest BCUT2D eigenvalue weighted by atomic mass is 9.73. The first-order chi connectivity index (χ1) is 7.63. The van der Waals surface area contributed by atoms with Gasteiger partial charge in [0.2, 0.25) is 0 Å². The molecule has 0 amide bonds. The maximum Gasteiger partial charge on any atom is 0.0613 e. The lowest BCUT2D eigenvalue weighted by molar-refractivity contribution is 0.0824. The molecule has 0 bridgehead atoms. The van der Waals surface area contributed by atoms with E-state index >= 15 is 0 Å². The summed E-state index contributed by atoms with van der Waals surface area (Å²) in [5, 5.41) is 13.0. The zero-order valence-corrected chi connectivity index (χ0v) is 11.0. The first kappa shape index (κ1) is 13.9. The van der Waals surface area contributed by atoms with Crippen molar-refractivity contribution < 1.29 is 9.84 Å². The average Bonchev–Trinajstić information content (AvgIpc) is 2.30. The summed E-state index contributed by atoms with van der Waals surface area (Å²) < 4.78 is 5.04. The van der Waals surface area contributed by atoms with Gasteiger partial charge in [-0.3, -0.25) is 0 Å². The van der Waals surface area contributed by atoms with Crippen molar-refractivity contribution in [2.75, 3.05) is 26.9 Å². The number of rotatable bonds is 6. The summed E-state index contributed by atoms with van der Waals surface area (Å²) in [6.45, 7) is 6.41. The zero-order valence-electron chi connectivity index (χ0n) is 11.0. The maximum absolute atomic E-state index is 9.56. The number of hydrogen-bond acceptors (Lipinski definition) is 3. The fourth-order valence-electron chi connectivity index (χ4n) is 2.67. The van der Waals surface area contributed by atoms with Gasteiger partial charge in [0.05, 0.1) is 13.2 Å². The van der Waals surface area contributed by atoms with Crippen LogP contribution in [0.5, 0.6) is 0 Å². The Kier molecular flexibility index (Phi) is 5.73. The summed E-state index contributed by atoms with van der Waals surface area (Å²) in [5.74, 6) is 1.61. The monoisotopic (exact) mass is 229 g/mol. The van der Waals surface area contributed by atoms with Crippen LogP contribution in [0.15, 0.2) is 0 Å². The Hall–Kier alpha value is -0.120. The van der Waals surface area contributed by atoms with E-state index in [-0.39, 0.29) is 12.1 Å². The van der Waals surface area contributed by atoms with Crippen LogP contribution in [0.2, 0.25) is 0 Å². The van der Waals surface area contributed by atoms with Crippen molar-refractivity contribution in [1.82, 2.24) is 5.32 Å². The van der Waals surface area contributed by atoms with Crippen LogP contribution < -0.4 is 5.32 Å². The quantitative estimate of drug-likeness (QED) is 0.682. The molecule has 2 N–H and O–H groups in total. The molecule has 1 saturated carbocycles. The summed E-state index contributed by atoms with van der Waals surface area (Å²) >= 11 is 0. The number of hydrogen-bond donors (Lipinski definition) is 2. The van der Waals surface area contributed by atoms with Crippen LogP contribution in [0.3, 0.4) is 0 Å². The van der Waals surface area contributed by atoms with Gasteiger partial charge in [-0.25, -0.2) is 0 Å². The number of methoxy groups -OCH3 is 1. The smallest absolute Gasteiger partial charge is 0.0613 e. The van der Waals surface area contributed by atoms with Gasteiger partial charge in [-0.05, 0) is 37.5 Å². The number of aliphatic hydroxyl groups is 1. The first-order valence-corrected chi connectivity index (χ1v) is 6.48. The Balaban J connectivity index is 2.38. The molecule has 16 heavy (non-hydrogen) atoms. The molecule has 1 aliphatic rings. The van der Waals surface area contributed by atoms with Gasteiger partial charge in [0.25, 0.3) is 0 Å². The van der Waals surface area contributed by atoms with E-state index in [1.54, 1.807) is 7.11 Å². The van der Waals surface area contributed by atoms with Crippen LogP contribution in [0.1, 0.15) is 39.5 Å². The minimum absolute atomic E-state index is 0.0378. The van der Waals surface area contributed by atoms with Gasteiger partial charge < -0.3 is 15.2 Å². The lowest BCUT2D eigenvalue weighted by Gasteiger charge is -2.41. The highest BCUT2D eigenvalue weighted by molar-refractivity contribution is 4.92. The maximum atomic E-state index is 9.56. The summed E-state index contributed by atoms with van der Waals surface area (Å²) in [6, 6.07) is 0. The molecular weight excluding hydrogens is 202 g/mol. The van der Waals surface area contributed by atoms with Crippen LogP contribution in [0.25, 0.3) is 0 Å². The highest BCUT2D eigenvalue weighted by Crippen LogP contribution is 2.35. The second-order valence-electron chi connectivity index (χ2n) is 5.44. The third kappa shape index (κ3) is 3.72. The van der Waals surface area contributed by atoms with E-state index in [0.717, 1.165) is 37.8 Å². The molecule has 0 aromatic rings. The molecule has 0 saturated heterocycles. The molecule has 0 radical (unpaired) electrons. The fourth-order valence-corrected chi connectivity index (χ4v) is 2.67. The molecule has 0 aliphatic heterocycles. The molecule has 0 heterocycles. The molecule has 3 heteroatoms. The molecule has 0 unspecified atom stereocenters. The first-order valence-electron chi connectivity index (χ1n) is 6.48. The number of nitrogens with one attached hydrogen (secondary N) is 1. The summed E-state index contributed by atoms with van der Waals surface area (Å²) in [6.07, 6.45) is 4.66. The molecule has 0 spiro atoms. The second kappa shape index (κ2) is 6.58. The molecular formula is C13H27NO2. The minimum Gasteiger partial charge on any atom is -0.394 e. The molecule has 1 rings (SSSR count). The van der Waals surface area contributed by atoms with Crippen LogP contribution in [-0.4, -0.2) is 37.5 Å². The van der Waals surface area contributed by atoms with Gasteiger partial charge in [0.1, 0.15) is 0 Å². The molecule has 0 atom stereocenters. The van der Waals surface area contributed by atoms with E-state index in [9.17, 15) is 5.11 Å². The molecule has 1 aliphatic carbocycles. The minimum atomic E-state index is -0.0378. The van der Waals surface area contributed by atoms with Crippen molar-refractivity contribution in [3.63, 3.8) is 0 Å².